The second-order valence-corrected chi connectivity index (χ2v) is 6.47. The Morgan fingerprint density at radius 2 is 1.33 bits per heavy atom. The molecule has 0 fully saturated rings. The van der Waals surface area contributed by atoms with E-state index in [4.69, 9.17) is 4.74 Å². The van der Waals surface area contributed by atoms with E-state index < -0.39 is 10.8 Å². The third-order valence-corrected chi connectivity index (χ3v) is 4.41. The van der Waals surface area contributed by atoms with Gasteiger partial charge >= 0.3 is 0 Å². The number of methoxy groups -OCH3 is 1. The van der Waals surface area contributed by atoms with Crippen molar-refractivity contribution in [3.05, 3.63) is 93.5 Å². The highest BCUT2D eigenvalue weighted by atomic mass is 16.6. The van der Waals surface area contributed by atoms with E-state index in [9.17, 15) is 19.7 Å². The van der Waals surface area contributed by atoms with Crippen LogP contribution >= 0.6 is 0 Å². The number of nitro groups is 1. The smallest absolute Gasteiger partial charge is 0.272 e. The van der Waals surface area contributed by atoms with Crippen LogP contribution in [0.4, 0.5) is 17.1 Å². The van der Waals surface area contributed by atoms with E-state index in [1.807, 2.05) is 0 Å². The molecule has 0 atom stereocenters. The van der Waals surface area contributed by atoms with Gasteiger partial charge in [-0.3, -0.25) is 19.7 Å². The zero-order chi connectivity index (χ0) is 21.7. The lowest BCUT2D eigenvalue weighted by Crippen LogP contribution is -2.14. The minimum Gasteiger partial charge on any atom is -0.497 e. The topological polar surface area (TPSA) is 111 Å². The molecule has 8 heteroatoms. The van der Waals surface area contributed by atoms with E-state index in [0.29, 0.717) is 33.8 Å². The van der Waals surface area contributed by atoms with Gasteiger partial charge in [-0.2, -0.15) is 0 Å². The lowest BCUT2D eigenvalue weighted by molar-refractivity contribution is -0.385. The van der Waals surface area contributed by atoms with Gasteiger partial charge in [0.1, 0.15) is 5.75 Å². The molecule has 2 amide bonds. The van der Waals surface area contributed by atoms with Gasteiger partial charge in [0.25, 0.3) is 17.5 Å². The Morgan fingerprint density at radius 1 is 0.833 bits per heavy atom. The van der Waals surface area contributed by atoms with Gasteiger partial charge in [-0.25, -0.2) is 0 Å². The predicted molar refractivity (Wildman–Crippen MR) is 113 cm³/mol. The van der Waals surface area contributed by atoms with E-state index in [0.717, 1.165) is 0 Å². The highest BCUT2D eigenvalue weighted by Gasteiger charge is 2.14. The second kappa shape index (κ2) is 8.87. The Morgan fingerprint density at radius 3 is 1.83 bits per heavy atom. The summed E-state index contributed by atoms with van der Waals surface area (Å²) in [5, 5.41) is 16.4. The Labute approximate surface area is 172 Å². The van der Waals surface area contributed by atoms with Crippen LogP contribution < -0.4 is 15.4 Å². The number of aryl methyl sites for hydroxylation is 1. The molecule has 0 aliphatic heterocycles. The largest absolute Gasteiger partial charge is 0.497 e. The molecule has 0 saturated heterocycles. The van der Waals surface area contributed by atoms with Crippen molar-refractivity contribution in [1.29, 1.82) is 0 Å². The molecular formula is C22H19N3O5. The molecule has 0 unspecified atom stereocenters. The summed E-state index contributed by atoms with van der Waals surface area (Å²) in [7, 11) is 1.57. The Hall–Kier alpha value is -4.20. The van der Waals surface area contributed by atoms with Gasteiger partial charge in [0, 0.05) is 34.1 Å². The minimum absolute atomic E-state index is 0.0428. The molecule has 3 rings (SSSR count). The fourth-order valence-electron chi connectivity index (χ4n) is 2.79. The molecule has 2 N–H and O–H groups in total. The molecule has 3 aromatic rings. The average molecular weight is 405 g/mol. The standard InChI is InChI=1S/C22H19N3O5/c1-14-13-16(5-12-20(14)25(28)29)22(27)24-17-6-3-15(4-7-17)21(26)23-18-8-10-19(30-2)11-9-18/h3-13H,1-2H3,(H,23,26)(H,24,27). The van der Waals surface area contributed by atoms with Gasteiger partial charge in [0.05, 0.1) is 12.0 Å². The number of hydrogen-bond donors (Lipinski definition) is 2. The average Bonchev–Trinajstić information content (AvgIpc) is 2.74. The number of carbonyl (C=O) groups excluding carboxylic acids is 2. The molecule has 0 aliphatic carbocycles. The summed E-state index contributed by atoms with van der Waals surface area (Å²) in [5.74, 6) is 0.00350. The van der Waals surface area contributed by atoms with Gasteiger partial charge in [0.2, 0.25) is 0 Å². The molecule has 0 radical (unpaired) electrons. The number of nitro benzene ring substituents is 1. The summed E-state index contributed by atoms with van der Waals surface area (Å²) >= 11 is 0. The number of ether oxygens (including phenoxy) is 1. The maximum atomic E-state index is 12.4. The Balaban J connectivity index is 1.64. The number of carbonyl (C=O) groups is 2. The molecule has 30 heavy (non-hydrogen) atoms. The van der Waals surface area contributed by atoms with Crippen LogP contribution in [0.5, 0.6) is 5.75 Å². The summed E-state index contributed by atoms with van der Waals surface area (Å²) in [6.07, 6.45) is 0. The lowest BCUT2D eigenvalue weighted by atomic mass is 10.1. The van der Waals surface area contributed by atoms with E-state index in [2.05, 4.69) is 10.6 Å². The van der Waals surface area contributed by atoms with Crippen LogP contribution in [0.25, 0.3) is 0 Å². The van der Waals surface area contributed by atoms with Gasteiger partial charge in [0.15, 0.2) is 0 Å². The molecule has 0 bridgehead atoms. The van der Waals surface area contributed by atoms with Crippen molar-refractivity contribution in [2.45, 2.75) is 6.92 Å². The van der Waals surface area contributed by atoms with Crippen molar-refractivity contribution < 1.29 is 19.2 Å². The molecule has 0 saturated carbocycles. The predicted octanol–water partition coefficient (Wildman–Crippen LogP) is 4.42. The molecule has 152 valence electrons. The van der Waals surface area contributed by atoms with Gasteiger partial charge in [-0.1, -0.05) is 0 Å². The van der Waals surface area contributed by atoms with Crippen molar-refractivity contribution in [2.75, 3.05) is 17.7 Å². The summed E-state index contributed by atoms with van der Waals surface area (Å²) < 4.78 is 5.08. The SMILES string of the molecule is COc1ccc(NC(=O)c2ccc(NC(=O)c3ccc([N+](=O)[O-])c(C)c3)cc2)cc1. The lowest BCUT2D eigenvalue weighted by Gasteiger charge is -2.09. The fraction of sp³-hybridized carbons (Fsp3) is 0.0909. The molecule has 0 aliphatic rings. The van der Waals surface area contributed by atoms with Crippen LogP contribution in [0, 0.1) is 17.0 Å². The third-order valence-electron chi connectivity index (χ3n) is 4.41. The van der Waals surface area contributed by atoms with E-state index >= 15 is 0 Å². The number of rotatable bonds is 6. The first-order chi connectivity index (χ1) is 14.4. The number of anilines is 2. The van der Waals surface area contributed by atoms with Gasteiger partial charge in [-0.05, 0) is 67.6 Å². The van der Waals surface area contributed by atoms with Crippen molar-refractivity contribution in [3.8, 4) is 5.75 Å². The van der Waals surface area contributed by atoms with Crippen molar-refractivity contribution >= 4 is 28.9 Å². The molecule has 0 spiro atoms. The van der Waals surface area contributed by atoms with Crippen LogP contribution in [-0.4, -0.2) is 23.8 Å². The molecular weight excluding hydrogens is 386 g/mol. The van der Waals surface area contributed by atoms with Gasteiger partial charge < -0.3 is 15.4 Å². The van der Waals surface area contributed by atoms with Crippen LogP contribution in [0.3, 0.4) is 0 Å². The Kier molecular flexibility index (Phi) is 6.07. The fourth-order valence-corrected chi connectivity index (χ4v) is 2.79. The molecule has 0 heterocycles. The second-order valence-electron chi connectivity index (χ2n) is 6.47. The number of nitrogens with one attached hydrogen (secondary N) is 2. The van der Waals surface area contributed by atoms with Crippen LogP contribution in [0.2, 0.25) is 0 Å². The first-order valence-corrected chi connectivity index (χ1v) is 8.99. The Bertz CT molecular complexity index is 1090. The van der Waals surface area contributed by atoms with Crippen molar-refractivity contribution in [2.24, 2.45) is 0 Å². The van der Waals surface area contributed by atoms with Crippen molar-refractivity contribution in [3.63, 3.8) is 0 Å². The normalized spacial score (nSPS) is 10.2. The van der Waals surface area contributed by atoms with Crippen LogP contribution in [0.15, 0.2) is 66.7 Å². The number of hydrogen-bond acceptors (Lipinski definition) is 5. The zero-order valence-electron chi connectivity index (χ0n) is 16.3. The number of amides is 2. The maximum absolute atomic E-state index is 12.4. The summed E-state index contributed by atoms with van der Waals surface area (Å²) in [4.78, 5) is 35.2. The summed E-state index contributed by atoms with van der Waals surface area (Å²) in [6.45, 7) is 1.57. The maximum Gasteiger partial charge on any atom is 0.272 e. The summed E-state index contributed by atoms with van der Waals surface area (Å²) in [6, 6.07) is 17.5. The monoisotopic (exact) mass is 405 g/mol. The first kappa shape index (κ1) is 20.5. The highest BCUT2D eigenvalue weighted by Crippen LogP contribution is 2.20. The van der Waals surface area contributed by atoms with E-state index in [-0.39, 0.29) is 11.6 Å². The third kappa shape index (κ3) is 4.79. The quantitative estimate of drug-likeness (QED) is 0.466. The van der Waals surface area contributed by atoms with E-state index in [1.165, 1.54) is 18.2 Å². The van der Waals surface area contributed by atoms with Gasteiger partial charge in [-0.15, -0.1) is 0 Å². The highest BCUT2D eigenvalue weighted by molar-refractivity contribution is 6.06. The molecule has 0 aromatic heterocycles. The van der Waals surface area contributed by atoms with Crippen LogP contribution in [-0.2, 0) is 0 Å². The first-order valence-electron chi connectivity index (χ1n) is 8.99. The number of benzene rings is 3. The molecule has 3 aromatic carbocycles. The zero-order valence-corrected chi connectivity index (χ0v) is 16.3. The van der Waals surface area contributed by atoms with E-state index in [1.54, 1.807) is 62.6 Å². The van der Waals surface area contributed by atoms with Crippen LogP contribution in [0.1, 0.15) is 26.3 Å². The molecule has 8 nitrogen and oxygen atoms in total. The van der Waals surface area contributed by atoms with Crippen molar-refractivity contribution in [1.82, 2.24) is 0 Å². The minimum atomic E-state index is -0.493. The number of nitrogens with zero attached hydrogens (tertiary/aromatic N) is 1. The summed E-state index contributed by atoms with van der Waals surface area (Å²) in [5.41, 5.74) is 2.22.